The summed E-state index contributed by atoms with van der Waals surface area (Å²) in [5, 5.41) is 12.4. The number of aromatic nitrogens is 1. The number of pyridine rings is 1. The Morgan fingerprint density at radius 3 is 2.75 bits per heavy atom. The van der Waals surface area contributed by atoms with Gasteiger partial charge in [-0.15, -0.1) is 0 Å². The lowest BCUT2D eigenvalue weighted by Gasteiger charge is -2.17. The van der Waals surface area contributed by atoms with Crippen LogP contribution in [-0.2, 0) is 0 Å². The van der Waals surface area contributed by atoms with E-state index in [2.05, 4.69) is 54.5 Å². The van der Waals surface area contributed by atoms with Crippen LogP contribution in [0.3, 0.4) is 0 Å². The van der Waals surface area contributed by atoms with Crippen LogP contribution in [-0.4, -0.2) is 11.5 Å². The molecule has 1 atom stereocenters. The van der Waals surface area contributed by atoms with Crippen LogP contribution in [0.1, 0.15) is 37.4 Å². The molecule has 0 aliphatic carbocycles. The first kappa shape index (κ1) is 14.2. The van der Waals surface area contributed by atoms with Crippen LogP contribution in [0.5, 0.6) is 0 Å². The SMILES string of the molecule is CCNC(CC)c1cccc(-c2cncc(C#N)c2)c1. The molecule has 0 radical (unpaired) electrons. The second-order valence-electron chi connectivity index (χ2n) is 4.72. The zero-order chi connectivity index (χ0) is 14.4. The standard InChI is InChI=1S/C17H19N3/c1-3-17(20-4-2)15-7-5-6-14(9-15)16-8-13(10-18)11-19-12-16/h5-9,11-12,17,20H,3-4H2,1-2H3. The van der Waals surface area contributed by atoms with Crippen molar-refractivity contribution in [2.45, 2.75) is 26.3 Å². The van der Waals surface area contributed by atoms with Crippen molar-refractivity contribution in [3.05, 3.63) is 53.9 Å². The van der Waals surface area contributed by atoms with E-state index in [-0.39, 0.29) is 0 Å². The number of nitrogens with zero attached hydrogens (tertiary/aromatic N) is 2. The summed E-state index contributed by atoms with van der Waals surface area (Å²) in [5.74, 6) is 0. The highest BCUT2D eigenvalue weighted by atomic mass is 14.9. The van der Waals surface area contributed by atoms with Gasteiger partial charge in [0.05, 0.1) is 5.56 Å². The van der Waals surface area contributed by atoms with Gasteiger partial charge in [0, 0.05) is 24.0 Å². The normalized spacial score (nSPS) is 11.8. The van der Waals surface area contributed by atoms with Crippen molar-refractivity contribution < 1.29 is 0 Å². The van der Waals surface area contributed by atoms with Gasteiger partial charge < -0.3 is 5.32 Å². The maximum atomic E-state index is 8.96. The number of hydrogen-bond donors (Lipinski definition) is 1. The number of rotatable bonds is 5. The highest BCUT2D eigenvalue weighted by Gasteiger charge is 2.09. The maximum Gasteiger partial charge on any atom is 0.101 e. The predicted octanol–water partition coefficient (Wildman–Crippen LogP) is 3.68. The van der Waals surface area contributed by atoms with Gasteiger partial charge in [0.25, 0.3) is 0 Å². The van der Waals surface area contributed by atoms with Gasteiger partial charge in [-0.05, 0) is 36.2 Å². The highest BCUT2D eigenvalue weighted by molar-refractivity contribution is 5.64. The summed E-state index contributed by atoms with van der Waals surface area (Å²) in [6.07, 6.45) is 4.43. The predicted molar refractivity (Wildman–Crippen MR) is 81.1 cm³/mol. The molecule has 0 saturated heterocycles. The fourth-order valence-electron chi connectivity index (χ4n) is 2.34. The van der Waals surface area contributed by atoms with Crippen LogP contribution in [0.4, 0.5) is 0 Å². The maximum absolute atomic E-state index is 8.96. The first-order chi connectivity index (χ1) is 9.78. The van der Waals surface area contributed by atoms with E-state index < -0.39 is 0 Å². The van der Waals surface area contributed by atoms with Crippen LogP contribution in [0, 0.1) is 11.3 Å². The molecule has 0 fully saturated rings. The van der Waals surface area contributed by atoms with Crippen LogP contribution in [0.15, 0.2) is 42.7 Å². The lowest BCUT2D eigenvalue weighted by Crippen LogP contribution is -2.19. The molecule has 20 heavy (non-hydrogen) atoms. The first-order valence-corrected chi connectivity index (χ1v) is 6.97. The van der Waals surface area contributed by atoms with E-state index in [4.69, 9.17) is 5.26 Å². The molecule has 0 aliphatic heterocycles. The molecule has 2 aromatic rings. The largest absolute Gasteiger partial charge is 0.310 e. The van der Waals surface area contributed by atoms with E-state index in [1.54, 1.807) is 12.4 Å². The van der Waals surface area contributed by atoms with Crippen molar-refractivity contribution in [2.24, 2.45) is 0 Å². The summed E-state index contributed by atoms with van der Waals surface area (Å²) in [6.45, 7) is 5.25. The van der Waals surface area contributed by atoms with Gasteiger partial charge >= 0.3 is 0 Å². The van der Waals surface area contributed by atoms with Gasteiger partial charge in [-0.2, -0.15) is 5.26 Å². The average Bonchev–Trinajstić information content (AvgIpc) is 2.52. The second kappa shape index (κ2) is 6.83. The fraction of sp³-hybridized carbons (Fsp3) is 0.294. The van der Waals surface area contributed by atoms with Crippen LogP contribution in [0.25, 0.3) is 11.1 Å². The van der Waals surface area contributed by atoms with E-state index in [0.717, 1.165) is 24.1 Å². The molecule has 1 aromatic carbocycles. The van der Waals surface area contributed by atoms with E-state index in [1.165, 1.54) is 5.56 Å². The van der Waals surface area contributed by atoms with Gasteiger partial charge in [-0.3, -0.25) is 4.98 Å². The second-order valence-corrected chi connectivity index (χ2v) is 4.72. The lowest BCUT2D eigenvalue weighted by molar-refractivity contribution is 0.537. The van der Waals surface area contributed by atoms with Gasteiger partial charge in [0.1, 0.15) is 6.07 Å². The average molecular weight is 265 g/mol. The minimum Gasteiger partial charge on any atom is -0.310 e. The minimum absolute atomic E-state index is 0.368. The molecule has 1 heterocycles. The molecule has 0 spiro atoms. The minimum atomic E-state index is 0.368. The van der Waals surface area contributed by atoms with Crippen molar-refractivity contribution in [1.29, 1.82) is 5.26 Å². The first-order valence-electron chi connectivity index (χ1n) is 6.97. The molecule has 102 valence electrons. The molecule has 1 aromatic heterocycles. The van der Waals surface area contributed by atoms with Crippen molar-refractivity contribution in [2.75, 3.05) is 6.54 Å². The lowest BCUT2D eigenvalue weighted by atomic mass is 9.98. The van der Waals surface area contributed by atoms with Crippen LogP contribution >= 0.6 is 0 Å². The number of benzene rings is 1. The number of nitriles is 1. The molecule has 0 bridgehead atoms. The zero-order valence-electron chi connectivity index (χ0n) is 11.9. The van der Waals surface area contributed by atoms with Crippen molar-refractivity contribution >= 4 is 0 Å². The Balaban J connectivity index is 2.36. The van der Waals surface area contributed by atoms with Gasteiger partial charge in [-0.1, -0.05) is 32.0 Å². The number of hydrogen-bond acceptors (Lipinski definition) is 3. The van der Waals surface area contributed by atoms with Crippen LogP contribution in [0.2, 0.25) is 0 Å². The van der Waals surface area contributed by atoms with Crippen LogP contribution < -0.4 is 5.32 Å². The third-order valence-electron chi connectivity index (χ3n) is 3.35. The summed E-state index contributed by atoms with van der Waals surface area (Å²) in [5.41, 5.74) is 3.95. The molecule has 2 rings (SSSR count). The smallest absolute Gasteiger partial charge is 0.101 e. The van der Waals surface area contributed by atoms with E-state index in [0.29, 0.717) is 11.6 Å². The Morgan fingerprint density at radius 1 is 1.20 bits per heavy atom. The topological polar surface area (TPSA) is 48.7 Å². The summed E-state index contributed by atoms with van der Waals surface area (Å²) >= 11 is 0. The highest BCUT2D eigenvalue weighted by Crippen LogP contribution is 2.24. The van der Waals surface area contributed by atoms with E-state index in [1.807, 2.05) is 6.07 Å². The molecule has 3 nitrogen and oxygen atoms in total. The molecule has 0 aliphatic rings. The zero-order valence-corrected chi connectivity index (χ0v) is 11.9. The Bertz CT molecular complexity index is 614. The molecular weight excluding hydrogens is 246 g/mol. The molecule has 1 unspecified atom stereocenters. The molecule has 1 N–H and O–H groups in total. The molecule has 0 amide bonds. The van der Waals surface area contributed by atoms with Gasteiger partial charge in [0.15, 0.2) is 0 Å². The molecular formula is C17H19N3. The summed E-state index contributed by atoms with van der Waals surface area (Å²) in [7, 11) is 0. The monoisotopic (exact) mass is 265 g/mol. The third-order valence-corrected chi connectivity index (χ3v) is 3.35. The molecule has 3 heteroatoms. The van der Waals surface area contributed by atoms with Crippen molar-refractivity contribution in [3.63, 3.8) is 0 Å². The third kappa shape index (κ3) is 3.23. The summed E-state index contributed by atoms with van der Waals surface area (Å²) in [4.78, 5) is 4.12. The Kier molecular flexibility index (Phi) is 4.86. The van der Waals surface area contributed by atoms with Crippen molar-refractivity contribution in [3.8, 4) is 17.2 Å². The summed E-state index contributed by atoms with van der Waals surface area (Å²) in [6, 6.07) is 12.8. The number of nitrogens with one attached hydrogen (secondary N) is 1. The Morgan fingerprint density at radius 2 is 2.05 bits per heavy atom. The van der Waals surface area contributed by atoms with Gasteiger partial charge in [-0.25, -0.2) is 0 Å². The Hall–Kier alpha value is -2.18. The fourth-order valence-corrected chi connectivity index (χ4v) is 2.34. The molecule has 0 saturated carbocycles. The Labute approximate surface area is 120 Å². The van der Waals surface area contributed by atoms with Crippen molar-refractivity contribution in [1.82, 2.24) is 10.3 Å². The van der Waals surface area contributed by atoms with E-state index in [9.17, 15) is 0 Å². The van der Waals surface area contributed by atoms with Gasteiger partial charge in [0.2, 0.25) is 0 Å². The van der Waals surface area contributed by atoms with E-state index >= 15 is 0 Å². The quantitative estimate of drug-likeness (QED) is 0.897. The summed E-state index contributed by atoms with van der Waals surface area (Å²) < 4.78 is 0.